The van der Waals surface area contributed by atoms with Gasteiger partial charge in [-0.1, -0.05) is 17.3 Å². The number of nitrogens with zero attached hydrogens (tertiary/aromatic N) is 3. The second-order valence-electron chi connectivity index (χ2n) is 5.97. The Kier molecular flexibility index (Phi) is 4.92. The minimum Gasteiger partial charge on any atom is -0.465 e. The van der Waals surface area contributed by atoms with Gasteiger partial charge in [0.15, 0.2) is 0 Å². The summed E-state index contributed by atoms with van der Waals surface area (Å²) >= 11 is 0. The van der Waals surface area contributed by atoms with Crippen molar-refractivity contribution in [3.63, 3.8) is 0 Å². The Bertz CT molecular complexity index is 696. The van der Waals surface area contributed by atoms with Crippen molar-refractivity contribution < 1.29 is 18.8 Å². The number of esters is 1. The van der Waals surface area contributed by atoms with E-state index in [-0.39, 0.29) is 12.1 Å². The zero-order chi connectivity index (χ0) is 17.1. The summed E-state index contributed by atoms with van der Waals surface area (Å²) in [4.78, 5) is 18.2. The van der Waals surface area contributed by atoms with Crippen LogP contribution in [0, 0.1) is 0 Å². The van der Waals surface area contributed by atoms with Gasteiger partial charge >= 0.3 is 5.97 Å². The Balaban J connectivity index is 1.74. The molecule has 1 aromatic carbocycles. The Morgan fingerprint density at radius 1 is 1.33 bits per heavy atom. The van der Waals surface area contributed by atoms with Crippen molar-refractivity contribution in [1.82, 2.24) is 15.0 Å². The molecule has 0 amide bonds. The number of carbonyl (C=O) groups is 1. The number of rotatable bonds is 4. The van der Waals surface area contributed by atoms with Crippen LogP contribution in [0.2, 0.25) is 0 Å². The molecule has 1 atom stereocenters. The van der Waals surface area contributed by atoms with Crippen LogP contribution in [0.4, 0.5) is 0 Å². The van der Waals surface area contributed by atoms with Gasteiger partial charge < -0.3 is 14.0 Å². The second kappa shape index (κ2) is 7.11. The molecule has 0 bridgehead atoms. The van der Waals surface area contributed by atoms with Crippen molar-refractivity contribution in [1.29, 1.82) is 0 Å². The van der Waals surface area contributed by atoms with E-state index in [0.29, 0.717) is 29.9 Å². The molecule has 0 N–H and O–H groups in total. The average Bonchev–Trinajstić information content (AvgIpc) is 3.11. The predicted octanol–water partition coefficient (Wildman–Crippen LogP) is 2.30. The molecule has 24 heavy (non-hydrogen) atoms. The topological polar surface area (TPSA) is 77.7 Å². The number of hydrogen-bond acceptors (Lipinski definition) is 7. The lowest BCUT2D eigenvalue weighted by Crippen LogP contribution is -2.42. The largest absolute Gasteiger partial charge is 0.465 e. The van der Waals surface area contributed by atoms with E-state index in [1.807, 2.05) is 0 Å². The smallest absolute Gasteiger partial charge is 0.337 e. The van der Waals surface area contributed by atoms with Crippen molar-refractivity contribution in [2.45, 2.75) is 26.0 Å². The first-order valence-corrected chi connectivity index (χ1v) is 7.96. The highest BCUT2D eigenvalue weighted by Crippen LogP contribution is 2.25. The minimum absolute atomic E-state index is 0.211. The highest BCUT2D eigenvalue weighted by atomic mass is 16.5. The number of carbonyl (C=O) groups excluding carboxylic acids is 1. The van der Waals surface area contributed by atoms with E-state index in [1.165, 1.54) is 7.11 Å². The fraction of sp³-hybridized carbons (Fsp3) is 0.471. The van der Waals surface area contributed by atoms with Crippen molar-refractivity contribution >= 4 is 5.97 Å². The molecule has 0 aliphatic carbocycles. The van der Waals surface area contributed by atoms with Gasteiger partial charge in [-0.3, -0.25) is 4.90 Å². The van der Waals surface area contributed by atoms with E-state index < -0.39 is 0 Å². The predicted molar refractivity (Wildman–Crippen MR) is 86.5 cm³/mol. The first-order chi connectivity index (χ1) is 11.6. The van der Waals surface area contributed by atoms with E-state index in [4.69, 9.17) is 9.26 Å². The lowest BCUT2D eigenvalue weighted by atomic mass is 10.1. The number of benzene rings is 1. The van der Waals surface area contributed by atoms with Gasteiger partial charge in [-0.25, -0.2) is 4.79 Å². The van der Waals surface area contributed by atoms with Crippen LogP contribution in [0.1, 0.15) is 36.2 Å². The Labute approximate surface area is 140 Å². The average molecular weight is 331 g/mol. The first-order valence-electron chi connectivity index (χ1n) is 7.96. The first kappa shape index (κ1) is 16.6. The van der Waals surface area contributed by atoms with Gasteiger partial charge in [0.05, 0.1) is 19.3 Å². The van der Waals surface area contributed by atoms with Crippen LogP contribution in [-0.4, -0.2) is 53.9 Å². The third kappa shape index (κ3) is 3.47. The van der Waals surface area contributed by atoms with Crippen LogP contribution in [0.25, 0.3) is 11.4 Å². The Morgan fingerprint density at radius 3 is 2.75 bits per heavy atom. The third-order valence-electron chi connectivity index (χ3n) is 4.11. The number of aromatic nitrogens is 2. The lowest BCUT2D eigenvalue weighted by Gasteiger charge is -2.33. The number of morpholine rings is 1. The molecule has 128 valence electrons. The second-order valence-corrected chi connectivity index (χ2v) is 5.97. The third-order valence-corrected chi connectivity index (χ3v) is 4.11. The van der Waals surface area contributed by atoms with E-state index in [1.54, 1.807) is 24.3 Å². The highest BCUT2D eigenvalue weighted by molar-refractivity contribution is 5.89. The molecule has 3 rings (SSSR count). The van der Waals surface area contributed by atoms with Gasteiger partial charge in [-0.15, -0.1) is 0 Å². The fourth-order valence-corrected chi connectivity index (χ4v) is 2.64. The molecule has 7 heteroatoms. The molecular weight excluding hydrogens is 310 g/mol. The van der Waals surface area contributed by atoms with Crippen LogP contribution >= 0.6 is 0 Å². The van der Waals surface area contributed by atoms with Gasteiger partial charge in [-0.2, -0.15) is 4.98 Å². The van der Waals surface area contributed by atoms with Gasteiger partial charge in [0, 0.05) is 24.7 Å². The molecule has 0 saturated carbocycles. The molecule has 1 aliphatic heterocycles. The van der Waals surface area contributed by atoms with Crippen molar-refractivity contribution in [3.8, 4) is 11.4 Å². The van der Waals surface area contributed by atoms with Gasteiger partial charge in [-0.05, 0) is 26.0 Å². The van der Waals surface area contributed by atoms with E-state index in [2.05, 4.69) is 33.6 Å². The maximum Gasteiger partial charge on any atom is 0.337 e. The summed E-state index contributed by atoms with van der Waals surface area (Å²) in [6.07, 6.45) is -0.211. The van der Waals surface area contributed by atoms with Crippen LogP contribution < -0.4 is 0 Å². The molecule has 1 fully saturated rings. The summed E-state index contributed by atoms with van der Waals surface area (Å²) in [5.74, 6) is 0.582. The maximum atomic E-state index is 11.5. The van der Waals surface area contributed by atoms with Crippen LogP contribution in [-0.2, 0) is 9.47 Å². The standard InChI is InChI=1S/C17H21N3O4/c1-11(2)20-8-9-23-14(10-20)16-18-15(19-24-16)12-4-6-13(7-5-12)17(21)22-3/h4-7,11,14H,8-10H2,1-3H3/t14-/m1/s1. The quantitative estimate of drug-likeness (QED) is 0.796. The zero-order valence-electron chi connectivity index (χ0n) is 14.1. The number of hydrogen-bond donors (Lipinski definition) is 0. The SMILES string of the molecule is COC(=O)c1ccc(-c2noc([C@H]3CN(C(C)C)CCO3)n2)cc1. The maximum absolute atomic E-state index is 11.5. The van der Waals surface area contributed by atoms with Crippen LogP contribution in [0.3, 0.4) is 0 Å². The van der Waals surface area contributed by atoms with Gasteiger partial charge in [0.1, 0.15) is 6.10 Å². The van der Waals surface area contributed by atoms with Crippen molar-refractivity contribution in [2.24, 2.45) is 0 Å². The van der Waals surface area contributed by atoms with Gasteiger partial charge in [0.2, 0.25) is 5.82 Å². The molecule has 2 heterocycles. The van der Waals surface area contributed by atoms with Gasteiger partial charge in [0.25, 0.3) is 5.89 Å². The number of methoxy groups -OCH3 is 1. The minimum atomic E-state index is -0.375. The normalized spacial score (nSPS) is 18.8. The molecule has 1 aromatic heterocycles. The van der Waals surface area contributed by atoms with E-state index in [9.17, 15) is 4.79 Å². The molecule has 1 aliphatic rings. The zero-order valence-corrected chi connectivity index (χ0v) is 14.1. The summed E-state index contributed by atoms with van der Waals surface area (Å²) < 4.78 is 15.8. The van der Waals surface area contributed by atoms with Crippen molar-refractivity contribution in [3.05, 3.63) is 35.7 Å². The molecule has 1 saturated heterocycles. The summed E-state index contributed by atoms with van der Waals surface area (Å²) in [7, 11) is 1.35. The summed E-state index contributed by atoms with van der Waals surface area (Å²) in [5, 5.41) is 4.03. The van der Waals surface area contributed by atoms with E-state index >= 15 is 0 Å². The summed E-state index contributed by atoms with van der Waals surface area (Å²) in [6.45, 7) is 6.61. The molecular formula is C17H21N3O4. The summed E-state index contributed by atoms with van der Waals surface area (Å²) in [6, 6.07) is 7.33. The monoisotopic (exact) mass is 331 g/mol. The van der Waals surface area contributed by atoms with Crippen LogP contribution in [0.5, 0.6) is 0 Å². The Morgan fingerprint density at radius 2 is 2.08 bits per heavy atom. The molecule has 2 aromatic rings. The lowest BCUT2D eigenvalue weighted by molar-refractivity contribution is -0.0539. The molecule has 0 unspecified atom stereocenters. The van der Waals surface area contributed by atoms with Crippen molar-refractivity contribution in [2.75, 3.05) is 26.8 Å². The molecule has 0 spiro atoms. The Hall–Kier alpha value is -2.25. The number of ether oxygens (including phenoxy) is 2. The fourth-order valence-electron chi connectivity index (χ4n) is 2.64. The van der Waals surface area contributed by atoms with Crippen LogP contribution in [0.15, 0.2) is 28.8 Å². The summed E-state index contributed by atoms with van der Waals surface area (Å²) in [5.41, 5.74) is 1.25. The van der Waals surface area contributed by atoms with E-state index in [0.717, 1.165) is 18.7 Å². The highest BCUT2D eigenvalue weighted by Gasteiger charge is 2.28. The molecule has 7 nitrogen and oxygen atoms in total. The molecule has 0 radical (unpaired) electrons.